The van der Waals surface area contributed by atoms with E-state index in [1.54, 1.807) is 0 Å². The number of nitrogens with one attached hydrogen (secondary N) is 2. The van der Waals surface area contributed by atoms with Crippen LogP contribution in [0.4, 0.5) is 0 Å². The van der Waals surface area contributed by atoms with Crippen molar-refractivity contribution in [3.8, 4) is 16.9 Å². The lowest BCUT2D eigenvalue weighted by Gasteiger charge is -2.12. The van der Waals surface area contributed by atoms with Crippen molar-refractivity contribution in [2.45, 2.75) is 12.8 Å². The summed E-state index contributed by atoms with van der Waals surface area (Å²) in [6, 6.07) is 17.9. The fraction of sp³-hybridized carbons (Fsp3) is 0.350. The van der Waals surface area contributed by atoms with Gasteiger partial charge in [0.15, 0.2) is 6.61 Å². The molecule has 2 N–H and O–H groups in total. The summed E-state index contributed by atoms with van der Waals surface area (Å²) >= 11 is 0. The molecule has 0 bridgehead atoms. The van der Waals surface area contributed by atoms with E-state index in [1.165, 1.54) is 6.42 Å². The summed E-state index contributed by atoms with van der Waals surface area (Å²) in [6.45, 7) is 2.93. The number of halogens is 1. The smallest absolute Gasteiger partial charge is 0.257 e. The number of carbonyl (C=O) groups is 1. The highest BCUT2D eigenvalue weighted by Crippen LogP contribution is 2.29. The number of amides is 1. The van der Waals surface area contributed by atoms with Crippen LogP contribution in [0, 0.1) is 5.92 Å². The average molecular weight is 361 g/mol. The van der Waals surface area contributed by atoms with E-state index in [1.807, 2.05) is 54.6 Å². The van der Waals surface area contributed by atoms with Crippen molar-refractivity contribution < 1.29 is 9.53 Å². The lowest BCUT2D eigenvalue weighted by molar-refractivity contribution is -0.123. The van der Waals surface area contributed by atoms with Gasteiger partial charge in [-0.05, 0) is 43.5 Å². The van der Waals surface area contributed by atoms with E-state index in [0.29, 0.717) is 5.92 Å². The summed E-state index contributed by atoms with van der Waals surface area (Å²) in [5, 5.41) is 6.29. The van der Waals surface area contributed by atoms with E-state index in [4.69, 9.17) is 4.74 Å². The summed E-state index contributed by atoms with van der Waals surface area (Å²) in [5.41, 5.74) is 2.09. The minimum atomic E-state index is -0.0659. The number of hydrogen-bond donors (Lipinski definition) is 2. The van der Waals surface area contributed by atoms with Crippen molar-refractivity contribution in [2.24, 2.45) is 5.92 Å². The first-order chi connectivity index (χ1) is 11.8. The molecule has 0 aliphatic carbocycles. The summed E-state index contributed by atoms with van der Waals surface area (Å²) in [7, 11) is 0. The molecule has 1 saturated heterocycles. The monoisotopic (exact) mass is 360 g/mol. The molecule has 1 unspecified atom stereocenters. The van der Waals surface area contributed by atoms with Crippen LogP contribution in [0.15, 0.2) is 54.6 Å². The number of carbonyl (C=O) groups excluding carboxylic acids is 1. The van der Waals surface area contributed by atoms with Crippen LogP contribution in [0.25, 0.3) is 11.1 Å². The zero-order chi connectivity index (χ0) is 16.6. The maximum absolute atomic E-state index is 12.0. The van der Waals surface area contributed by atoms with Crippen LogP contribution in [0.3, 0.4) is 0 Å². The molecule has 1 aliphatic heterocycles. The summed E-state index contributed by atoms with van der Waals surface area (Å²) in [5.74, 6) is 1.35. The molecule has 0 radical (unpaired) electrons. The van der Waals surface area contributed by atoms with Gasteiger partial charge in [-0.3, -0.25) is 4.79 Å². The Labute approximate surface area is 155 Å². The number of ether oxygens (including phenoxy) is 1. The molecule has 1 heterocycles. The lowest BCUT2D eigenvalue weighted by Crippen LogP contribution is -2.31. The quantitative estimate of drug-likeness (QED) is 0.796. The number of rotatable bonds is 7. The molecular formula is C20H25ClN2O2. The Balaban J connectivity index is 0.00000225. The fourth-order valence-corrected chi connectivity index (χ4v) is 3.02. The third-order valence-electron chi connectivity index (χ3n) is 4.37. The number of benzene rings is 2. The van der Waals surface area contributed by atoms with Crippen LogP contribution in [-0.2, 0) is 4.79 Å². The molecule has 5 heteroatoms. The predicted molar refractivity (Wildman–Crippen MR) is 103 cm³/mol. The van der Waals surface area contributed by atoms with Gasteiger partial charge in [-0.2, -0.15) is 0 Å². The van der Waals surface area contributed by atoms with Gasteiger partial charge in [0.05, 0.1) is 0 Å². The van der Waals surface area contributed by atoms with E-state index >= 15 is 0 Å². The van der Waals surface area contributed by atoms with Gasteiger partial charge in [0.2, 0.25) is 0 Å². The van der Waals surface area contributed by atoms with Crippen LogP contribution in [0.5, 0.6) is 5.75 Å². The third kappa shape index (κ3) is 5.76. The predicted octanol–water partition coefficient (Wildman–Crippen LogP) is 3.27. The van der Waals surface area contributed by atoms with Crippen molar-refractivity contribution in [1.82, 2.24) is 10.6 Å². The first kappa shape index (κ1) is 19.3. The van der Waals surface area contributed by atoms with Crippen LogP contribution in [0.2, 0.25) is 0 Å². The molecule has 2 aromatic carbocycles. The van der Waals surface area contributed by atoms with Gasteiger partial charge in [0, 0.05) is 12.1 Å². The Morgan fingerprint density at radius 2 is 1.88 bits per heavy atom. The van der Waals surface area contributed by atoms with E-state index in [-0.39, 0.29) is 24.9 Å². The highest BCUT2D eigenvalue weighted by molar-refractivity contribution is 5.85. The molecule has 25 heavy (non-hydrogen) atoms. The maximum atomic E-state index is 12.0. The molecule has 2 aromatic rings. The van der Waals surface area contributed by atoms with Crippen LogP contribution in [-0.4, -0.2) is 32.1 Å². The second-order valence-electron chi connectivity index (χ2n) is 6.15. The molecule has 3 rings (SSSR count). The minimum Gasteiger partial charge on any atom is -0.483 e. The second-order valence-corrected chi connectivity index (χ2v) is 6.15. The highest BCUT2D eigenvalue weighted by Gasteiger charge is 2.14. The normalized spacial score (nSPS) is 16.1. The molecule has 0 saturated carbocycles. The summed E-state index contributed by atoms with van der Waals surface area (Å²) in [4.78, 5) is 12.0. The molecule has 134 valence electrons. The molecular weight excluding hydrogens is 336 g/mol. The Bertz CT molecular complexity index is 658. The zero-order valence-corrected chi connectivity index (χ0v) is 15.1. The van der Waals surface area contributed by atoms with Crippen LogP contribution in [0.1, 0.15) is 12.8 Å². The lowest BCUT2D eigenvalue weighted by atomic mass is 10.1. The van der Waals surface area contributed by atoms with Crippen molar-refractivity contribution in [3.05, 3.63) is 54.6 Å². The maximum Gasteiger partial charge on any atom is 0.257 e. The Hall–Kier alpha value is -2.04. The first-order valence-corrected chi connectivity index (χ1v) is 8.57. The molecule has 1 aliphatic rings. The van der Waals surface area contributed by atoms with Gasteiger partial charge < -0.3 is 15.4 Å². The van der Waals surface area contributed by atoms with E-state index in [0.717, 1.165) is 42.9 Å². The van der Waals surface area contributed by atoms with Gasteiger partial charge in [-0.15, -0.1) is 12.4 Å². The van der Waals surface area contributed by atoms with Gasteiger partial charge >= 0.3 is 0 Å². The van der Waals surface area contributed by atoms with E-state index < -0.39 is 0 Å². The second kappa shape index (κ2) is 10.1. The average Bonchev–Trinajstić information content (AvgIpc) is 3.14. The van der Waals surface area contributed by atoms with Crippen molar-refractivity contribution in [2.75, 3.05) is 26.2 Å². The van der Waals surface area contributed by atoms with Gasteiger partial charge in [-0.1, -0.05) is 48.5 Å². The van der Waals surface area contributed by atoms with Crippen LogP contribution >= 0.6 is 12.4 Å². The highest BCUT2D eigenvalue weighted by atomic mass is 35.5. The van der Waals surface area contributed by atoms with Crippen molar-refractivity contribution >= 4 is 18.3 Å². The first-order valence-electron chi connectivity index (χ1n) is 8.57. The molecule has 0 spiro atoms. The zero-order valence-electron chi connectivity index (χ0n) is 14.2. The standard InChI is InChI=1S/C20H24N2O2.ClH/c23-20(22-13-11-16-10-12-21-14-16)15-24-19-9-5-4-8-18(19)17-6-2-1-3-7-17;/h1-9,16,21H,10-15H2,(H,22,23);1H. The van der Waals surface area contributed by atoms with Gasteiger partial charge in [-0.25, -0.2) is 0 Å². The van der Waals surface area contributed by atoms with Crippen LogP contribution < -0.4 is 15.4 Å². The number of para-hydroxylation sites is 1. The van der Waals surface area contributed by atoms with Gasteiger partial charge in [0.25, 0.3) is 5.91 Å². The Kier molecular flexibility index (Phi) is 7.76. The molecule has 1 atom stereocenters. The summed E-state index contributed by atoms with van der Waals surface area (Å²) < 4.78 is 5.75. The van der Waals surface area contributed by atoms with Crippen molar-refractivity contribution in [1.29, 1.82) is 0 Å². The molecule has 1 amide bonds. The Morgan fingerprint density at radius 1 is 1.12 bits per heavy atom. The summed E-state index contributed by atoms with van der Waals surface area (Å²) in [6.07, 6.45) is 2.23. The van der Waals surface area contributed by atoms with E-state index in [9.17, 15) is 4.79 Å². The molecule has 1 fully saturated rings. The topological polar surface area (TPSA) is 50.4 Å². The largest absolute Gasteiger partial charge is 0.483 e. The van der Waals surface area contributed by atoms with Crippen molar-refractivity contribution in [3.63, 3.8) is 0 Å². The van der Waals surface area contributed by atoms with E-state index in [2.05, 4.69) is 10.6 Å². The number of hydrogen-bond acceptors (Lipinski definition) is 3. The molecule has 4 nitrogen and oxygen atoms in total. The third-order valence-corrected chi connectivity index (χ3v) is 4.37. The minimum absolute atomic E-state index is 0. The molecule has 0 aromatic heterocycles. The Morgan fingerprint density at radius 3 is 2.64 bits per heavy atom. The fourth-order valence-electron chi connectivity index (χ4n) is 3.02. The SMILES string of the molecule is Cl.O=C(COc1ccccc1-c1ccccc1)NCCC1CCNC1. The van der Waals surface area contributed by atoms with Gasteiger partial charge in [0.1, 0.15) is 5.75 Å².